The molecule has 0 bridgehead atoms. The molecule has 0 aromatic rings. The Morgan fingerprint density at radius 1 is 1.42 bits per heavy atom. The van der Waals surface area contributed by atoms with Crippen LogP contribution in [0, 0.1) is 0 Å². The molecule has 0 rings (SSSR count). The minimum absolute atomic E-state index is 0.619. The summed E-state index contributed by atoms with van der Waals surface area (Å²) in [6.07, 6.45) is 0. The van der Waals surface area contributed by atoms with Crippen molar-refractivity contribution in [2.75, 3.05) is 6.54 Å². The van der Waals surface area contributed by atoms with Gasteiger partial charge in [-0.1, -0.05) is 0 Å². The summed E-state index contributed by atoms with van der Waals surface area (Å²) in [5, 5.41) is 1.69. The first-order chi connectivity index (χ1) is 5.37. The number of hydrazine groups is 1. The average molecular weight is 181 g/mol. The number of halogens is 2. The fourth-order valence-corrected chi connectivity index (χ4v) is 0.381. The number of alkyl halides is 2. The second kappa shape index (κ2) is 3.96. The van der Waals surface area contributed by atoms with Crippen molar-refractivity contribution in [3.05, 3.63) is 0 Å². The summed E-state index contributed by atoms with van der Waals surface area (Å²) >= 11 is 0. The second-order valence-corrected chi connectivity index (χ2v) is 2.23. The van der Waals surface area contributed by atoms with E-state index in [4.69, 9.17) is 0 Å². The fourth-order valence-electron chi connectivity index (χ4n) is 0.381. The third kappa shape index (κ3) is 4.56. The first-order valence-electron chi connectivity index (χ1n) is 3.03. The summed E-state index contributed by atoms with van der Waals surface area (Å²) in [7, 11) is 0. The van der Waals surface area contributed by atoms with Gasteiger partial charge in [0.2, 0.25) is 0 Å². The lowest BCUT2D eigenvalue weighted by molar-refractivity contribution is -0.140. The van der Waals surface area contributed by atoms with Crippen LogP contribution in [-0.4, -0.2) is 24.3 Å². The Hall–Kier alpha value is -1.24. The van der Waals surface area contributed by atoms with Gasteiger partial charge in [0.15, 0.2) is 0 Å². The fraction of sp³-hybridized carbons (Fsp3) is 0.600. The Morgan fingerprint density at radius 2 is 1.92 bits per heavy atom. The number of rotatable bonds is 2. The van der Waals surface area contributed by atoms with Crippen molar-refractivity contribution in [3.63, 3.8) is 0 Å². The number of carbonyl (C=O) groups excluding carboxylic acids is 2. The first kappa shape index (κ1) is 10.8. The van der Waals surface area contributed by atoms with Crippen LogP contribution in [0.25, 0.3) is 0 Å². The molecule has 0 aromatic heterocycles. The predicted octanol–water partition coefficient (Wildman–Crippen LogP) is -1.25. The number of hydrogen-bond donors (Lipinski definition) is 3. The molecule has 0 aliphatic rings. The molecule has 5 nitrogen and oxygen atoms in total. The number of hydrogen-bond acceptors (Lipinski definition) is 3. The van der Waals surface area contributed by atoms with Gasteiger partial charge in [-0.3, -0.25) is 15.0 Å². The van der Waals surface area contributed by atoms with Gasteiger partial charge in [0, 0.05) is 6.92 Å². The van der Waals surface area contributed by atoms with Crippen LogP contribution in [0.1, 0.15) is 6.92 Å². The highest BCUT2D eigenvalue weighted by Gasteiger charge is 2.23. The molecule has 12 heavy (non-hydrogen) atoms. The largest absolute Gasteiger partial charge is 0.342 e. The average Bonchev–Trinajstić information content (AvgIpc) is 1.97. The molecule has 0 aliphatic heterocycles. The molecule has 0 heterocycles. The normalized spacial score (nSPS) is 10.7. The lowest BCUT2D eigenvalue weighted by Gasteiger charge is -2.09. The van der Waals surface area contributed by atoms with Gasteiger partial charge < -0.3 is 5.32 Å². The summed E-state index contributed by atoms with van der Waals surface area (Å²) in [5.74, 6) is -0.808. The zero-order chi connectivity index (χ0) is 9.78. The van der Waals surface area contributed by atoms with E-state index in [2.05, 4.69) is 5.84 Å². The maximum atomic E-state index is 12.1. The summed E-state index contributed by atoms with van der Waals surface area (Å²) < 4.78 is 24.1. The van der Waals surface area contributed by atoms with Crippen molar-refractivity contribution in [2.24, 2.45) is 5.84 Å². The zero-order valence-corrected chi connectivity index (χ0v) is 6.36. The van der Waals surface area contributed by atoms with Gasteiger partial charge in [-0.2, -0.15) is 0 Å². The summed E-state index contributed by atoms with van der Waals surface area (Å²) in [6.45, 7) is -0.271. The molecule has 0 unspecified atom stereocenters. The number of nitrogens with two attached hydrogens (primary N) is 1. The van der Waals surface area contributed by atoms with Crippen molar-refractivity contribution < 1.29 is 18.4 Å². The van der Waals surface area contributed by atoms with Gasteiger partial charge in [-0.25, -0.2) is 14.6 Å². The van der Waals surface area contributed by atoms with Crippen LogP contribution in [0.2, 0.25) is 0 Å². The van der Waals surface area contributed by atoms with Crippen LogP contribution >= 0.6 is 0 Å². The van der Waals surface area contributed by atoms with E-state index in [-0.39, 0.29) is 0 Å². The van der Waals surface area contributed by atoms with E-state index in [1.54, 1.807) is 5.32 Å². The lowest BCUT2D eigenvalue weighted by Crippen LogP contribution is -2.45. The van der Waals surface area contributed by atoms with E-state index in [1.165, 1.54) is 5.43 Å². The van der Waals surface area contributed by atoms with E-state index in [9.17, 15) is 18.4 Å². The van der Waals surface area contributed by atoms with Gasteiger partial charge in [0.1, 0.15) is 0 Å². The predicted molar refractivity (Wildman–Crippen MR) is 36.0 cm³/mol. The topological polar surface area (TPSA) is 84.2 Å². The summed E-state index contributed by atoms with van der Waals surface area (Å²) in [6, 6.07) is 0. The van der Waals surface area contributed by atoms with Crippen LogP contribution < -0.4 is 16.6 Å². The Kier molecular flexibility index (Phi) is 3.55. The van der Waals surface area contributed by atoms with Crippen molar-refractivity contribution in [1.29, 1.82) is 0 Å². The van der Waals surface area contributed by atoms with Crippen LogP contribution in [0.5, 0.6) is 0 Å². The molecule has 2 amide bonds. The van der Waals surface area contributed by atoms with Gasteiger partial charge >= 0.3 is 11.8 Å². The zero-order valence-electron chi connectivity index (χ0n) is 6.36. The van der Waals surface area contributed by atoms with Crippen molar-refractivity contribution in [1.82, 2.24) is 10.7 Å². The molecule has 0 radical (unpaired) electrons. The van der Waals surface area contributed by atoms with E-state index in [0.717, 1.165) is 0 Å². The molecule has 70 valence electrons. The second-order valence-electron chi connectivity index (χ2n) is 2.23. The molecule has 0 aromatic carbocycles. The quantitative estimate of drug-likeness (QED) is 0.215. The SMILES string of the molecule is CC(F)(F)CNC(=O)C(=O)NN. The number of nitrogens with one attached hydrogen (secondary N) is 2. The molecule has 7 heteroatoms. The molecule has 0 saturated carbocycles. The van der Waals surface area contributed by atoms with Gasteiger partial charge in [-0.15, -0.1) is 0 Å². The standard InChI is InChI=1S/C5H9F2N3O2/c1-5(6,7)2-9-3(11)4(12)10-8/h2,8H2,1H3,(H,9,11)(H,10,12). The van der Waals surface area contributed by atoms with E-state index in [0.29, 0.717) is 6.92 Å². The van der Waals surface area contributed by atoms with Crippen LogP contribution in [0.15, 0.2) is 0 Å². The van der Waals surface area contributed by atoms with Gasteiger partial charge in [0.05, 0.1) is 6.54 Å². The number of carbonyl (C=O) groups is 2. The van der Waals surface area contributed by atoms with Crippen LogP contribution in [0.4, 0.5) is 8.78 Å². The van der Waals surface area contributed by atoms with E-state index >= 15 is 0 Å². The monoisotopic (exact) mass is 181 g/mol. The highest BCUT2D eigenvalue weighted by Crippen LogP contribution is 2.08. The Labute approximate surface area is 67.3 Å². The molecule has 0 spiro atoms. The van der Waals surface area contributed by atoms with Crippen molar-refractivity contribution >= 4 is 11.8 Å². The van der Waals surface area contributed by atoms with Gasteiger partial charge in [0.25, 0.3) is 5.92 Å². The molecule has 0 aliphatic carbocycles. The Balaban J connectivity index is 3.80. The van der Waals surface area contributed by atoms with E-state index in [1.807, 2.05) is 0 Å². The van der Waals surface area contributed by atoms with Crippen LogP contribution in [0.3, 0.4) is 0 Å². The molecular formula is C5H9F2N3O2. The van der Waals surface area contributed by atoms with Crippen molar-refractivity contribution in [2.45, 2.75) is 12.8 Å². The smallest absolute Gasteiger partial charge is 0.323 e. The minimum atomic E-state index is -3.04. The Morgan fingerprint density at radius 3 is 2.25 bits per heavy atom. The molecular weight excluding hydrogens is 172 g/mol. The maximum Gasteiger partial charge on any atom is 0.323 e. The highest BCUT2D eigenvalue weighted by atomic mass is 19.3. The molecule has 0 saturated heterocycles. The third-order valence-electron chi connectivity index (χ3n) is 0.897. The third-order valence-corrected chi connectivity index (χ3v) is 0.897. The highest BCUT2D eigenvalue weighted by molar-refractivity contribution is 6.34. The van der Waals surface area contributed by atoms with Crippen LogP contribution in [-0.2, 0) is 9.59 Å². The molecule has 0 fully saturated rings. The summed E-state index contributed by atoms with van der Waals surface area (Å²) in [5.41, 5.74) is 1.51. The van der Waals surface area contributed by atoms with Gasteiger partial charge in [-0.05, 0) is 0 Å². The van der Waals surface area contributed by atoms with E-state index < -0.39 is 24.3 Å². The number of amides is 2. The summed E-state index contributed by atoms with van der Waals surface area (Å²) in [4.78, 5) is 20.8. The maximum absolute atomic E-state index is 12.1. The molecule has 0 atom stereocenters. The lowest BCUT2D eigenvalue weighted by atomic mass is 10.4. The minimum Gasteiger partial charge on any atom is -0.342 e. The molecule has 4 N–H and O–H groups in total. The first-order valence-corrected chi connectivity index (χ1v) is 3.03. The van der Waals surface area contributed by atoms with Crippen molar-refractivity contribution in [3.8, 4) is 0 Å². The Bertz CT molecular complexity index is 190.